The molecule has 2 aromatic rings. The molecule has 0 aromatic heterocycles. The van der Waals surface area contributed by atoms with E-state index in [0.717, 1.165) is 30.1 Å². The molecule has 1 N–H and O–H groups in total. The van der Waals surface area contributed by atoms with E-state index in [1.165, 1.54) is 22.8 Å². The van der Waals surface area contributed by atoms with Crippen LogP contribution in [0.25, 0.3) is 0 Å². The third kappa shape index (κ3) is 5.63. The van der Waals surface area contributed by atoms with Gasteiger partial charge in [-0.05, 0) is 75.3 Å². The Morgan fingerprint density at radius 3 is 2.32 bits per heavy atom. The molecular weight excluding hydrogens is 446 g/mol. The molecule has 1 amide bonds. The van der Waals surface area contributed by atoms with Crippen molar-refractivity contribution in [2.24, 2.45) is 11.8 Å². The number of nitrogens with one attached hydrogen (secondary N) is 1. The molecule has 0 radical (unpaired) electrons. The van der Waals surface area contributed by atoms with E-state index < -0.39 is 10.0 Å². The summed E-state index contributed by atoms with van der Waals surface area (Å²) in [6, 6.07) is 15.2. The fourth-order valence-electron chi connectivity index (χ4n) is 5.05. The van der Waals surface area contributed by atoms with Crippen molar-refractivity contribution < 1.29 is 13.2 Å². The highest BCUT2D eigenvalue weighted by molar-refractivity contribution is 7.89. The molecule has 2 saturated heterocycles. The Kier molecular flexibility index (Phi) is 7.63. The number of carbonyl (C=O) groups excluding carboxylic acids is 1. The first kappa shape index (κ1) is 24.7. The normalized spacial score (nSPS) is 22.9. The van der Waals surface area contributed by atoms with Gasteiger partial charge in [-0.25, -0.2) is 8.42 Å². The van der Waals surface area contributed by atoms with E-state index in [0.29, 0.717) is 19.4 Å². The van der Waals surface area contributed by atoms with Crippen LogP contribution in [0.5, 0.6) is 0 Å². The SMILES string of the molecule is Cc1ccc(S(=O)(=O)N2CCC[C@H](C(=O)N[C@H](C)c3ccc(N4CCC[C@@H](C)C4)cc3)C2)cc1. The molecule has 6 nitrogen and oxygen atoms in total. The molecule has 0 unspecified atom stereocenters. The minimum atomic E-state index is -3.60. The highest BCUT2D eigenvalue weighted by Crippen LogP contribution is 2.27. The highest BCUT2D eigenvalue weighted by Gasteiger charge is 2.33. The predicted octanol–water partition coefficient (Wildman–Crippen LogP) is 4.51. The van der Waals surface area contributed by atoms with E-state index in [-0.39, 0.29) is 29.3 Å². The van der Waals surface area contributed by atoms with Crippen LogP contribution in [0.15, 0.2) is 53.4 Å². The van der Waals surface area contributed by atoms with Crippen molar-refractivity contribution >= 4 is 21.6 Å². The molecule has 2 aliphatic rings. The maximum absolute atomic E-state index is 13.1. The Balaban J connectivity index is 1.36. The third-order valence-electron chi connectivity index (χ3n) is 7.19. The average Bonchev–Trinajstić information content (AvgIpc) is 2.84. The van der Waals surface area contributed by atoms with Crippen LogP contribution < -0.4 is 10.2 Å². The Morgan fingerprint density at radius 1 is 0.971 bits per heavy atom. The van der Waals surface area contributed by atoms with E-state index in [2.05, 4.69) is 41.4 Å². The predicted molar refractivity (Wildman–Crippen MR) is 136 cm³/mol. The van der Waals surface area contributed by atoms with Crippen LogP contribution in [-0.2, 0) is 14.8 Å². The second-order valence-corrected chi connectivity index (χ2v) is 12.0. The quantitative estimate of drug-likeness (QED) is 0.656. The monoisotopic (exact) mass is 483 g/mol. The van der Waals surface area contributed by atoms with E-state index >= 15 is 0 Å². The molecule has 2 fully saturated rings. The van der Waals surface area contributed by atoms with Crippen molar-refractivity contribution in [1.82, 2.24) is 9.62 Å². The summed E-state index contributed by atoms with van der Waals surface area (Å²) in [5.41, 5.74) is 3.31. The van der Waals surface area contributed by atoms with Gasteiger partial charge in [-0.3, -0.25) is 4.79 Å². The summed E-state index contributed by atoms with van der Waals surface area (Å²) in [6.07, 6.45) is 3.90. The van der Waals surface area contributed by atoms with Gasteiger partial charge in [0, 0.05) is 31.9 Å². The molecule has 7 heteroatoms. The smallest absolute Gasteiger partial charge is 0.243 e. The largest absolute Gasteiger partial charge is 0.371 e. The Labute approximate surface area is 204 Å². The number of benzene rings is 2. The number of piperidine rings is 2. The van der Waals surface area contributed by atoms with Gasteiger partial charge in [-0.1, -0.05) is 36.8 Å². The Hall–Kier alpha value is -2.38. The minimum Gasteiger partial charge on any atom is -0.371 e. The van der Waals surface area contributed by atoms with Crippen molar-refractivity contribution in [3.8, 4) is 0 Å². The molecule has 0 aliphatic carbocycles. The topological polar surface area (TPSA) is 69.7 Å². The van der Waals surface area contributed by atoms with Crippen LogP contribution >= 0.6 is 0 Å². The zero-order valence-electron chi connectivity index (χ0n) is 20.5. The van der Waals surface area contributed by atoms with Crippen molar-refractivity contribution in [3.63, 3.8) is 0 Å². The molecule has 0 saturated carbocycles. The van der Waals surface area contributed by atoms with Gasteiger partial charge in [0.1, 0.15) is 0 Å². The van der Waals surface area contributed by atoms with Crippen molar-refractivity contribution in [2.75, 3.05) is 31.1 Å². The first-order valence-electron chi connectivity index (χ1n) is 12.5. The van der Waals surface area contributed by atoms with Crippen molar-refractivity contribution in [2.45, 2.75) is 57.4 Å². The number of aryl methyl sites for hydroxylation is 1. The van der Waals surface area contributed by atoms with E-state index in [9.17, 15) is 13.2 Å². The van der Waals surface area contributed by atoms with E-state index in [4.69, 9.17) is 0 Å². The number of carbonyl (C=O) groups is 1. The molecule has 3 atom stereocenters. The van der Waals surface area contributed by atoms with Gasteiger partial charge in [-0.2, -0.15) is 4.31 Å². The van der Waals surface area contributed by atoms with Gasteiger partial charge in [0.25, 0.3) is 0 Å². The first-order chi connectivity index (χ1) is 16.2. The number of anilines is 1. The molecule has 34 heavy (non-hydrogen) atoms. The summed E-state index contributed by atoms with van der Waals surface area (Å²) in [6.45, 7) is 9.08. The average molecular weight is 484 g/mol. The fourth-order valence-corrected chi connectivity index (χ4v) is 6.57. The Bertz CT molecular complexity index is 1080. The van der Waals surface area contributed by atoms with Crippen LogP contribution in [0.4, 0.5) is 5.69 Å². The van der Waals surface area contributed by atoms with Gasteiger partial charge >= 0.3 is 0 Å². The zero-order valence-corrected chi connectivity index (χ0v) is 21.4. The molecule has 2 aliphatic heterocycles. The molecule has 2 aromatic carbocycles. The standard InChI is InChI=1S/C27H37N3O3S/c1-20-8-14-26(15-9-20)34(32,33)30-17-5-7-24(19-30)27(31)28-22(3)23-10-12-25(13-11-23)29-16-4-6-21(2)18-29/h8-15,21-22,24H,4-7,16-19H2,1-3H3,(H,28,31)/t21-,22-,24+/m1/s1. The maximum atomic E-state index is 13.1. The Morgan fingerprint density at radius 2 is 1.65 bits per heavy atom. The lowest BCUT2D eigenvalue weighted by Crippen LogP contribution is -2.45. The number of hydrogen-bond acceptors (Lipinski definition) is 4. The van der Waals surface area contributed by atoms with Crippen LogP contribution in [0.2, 0.25) is 0 Å². The number of sulfonamides is 1. The van der Waals surface area contributed by atoms with E-state index in [1.54, 1.807) is 24.3 Å². The van der Waals surface area contributed by atoms with Crippen LogP contribution in [-0.4, -0.2) is 44.8 Å². The number of amides is 1. The molecule has 184 valence electrons. The summed E-state index contributed by atoms with van der Waals surface area (Å²) < 4.78 is 27.6. The second-order valence-electron chi connectivity index (χ2n) is 10.0. The van der Waals surface area contributed by atoms with Crippen LogP contribution in [0.3, 0.4) is 0 Å². The van der Waals surface area contributed by atoms with Gasteiger partial charge in [-0.15, -0.1) is 0 Å². The first-order valence-corrected chi connectivity index (χ1v) is 13.9. The number of hydrogen-bond donors (Lipinski definition) is 1. The summed E-state index contributed by atoms with van der Waals surface area (Å²) >= 11 is 0. The zero-order chi connectivity index (χ0) is 24.3. The fraction of sp³-hybridized carbons (Fsp3) is 0.519. The lowest BCUT2D eigenvalue weighted by molar-refractivity contribution is -0.126. The van der Waals surface area contributed by atoms with Crippen LogP contribution in [0.1, 0.15) is 56.7 Å². The molecule has 0 bridgehead atoms. The highest BCUT2D eigenvalue weighted by atomic mass is 32.2. The van der Waals surface area contributed by atoms with Crippen molar-refractivity contribution in [1.29, 1.82) is 0 Å². The molecule has 4 rings (SSSR count). The summed E-state index contributed by atoms with van der Waals surface area (Å²) in [5.74, 6) is 0.298. The van der Waals surface area contributed by atoms with Crippen LogP contribution in [0, 0.1) is 18.8 Å². The van der Waals surface area contributed by atoms with E-state index in [1.807, 2.05) is 13.8 Å². The second kappa shape index (κ2) is 10.5. The van der Waals surface area contributed by atoms with Gasteiger partial charge in [0.05, 0.1) is 16.9 Å². The maximum Gasteiger partial charge on any atom is 0.243 e. The summed E-state index contributed by atoms with van der Waals surface area (Å²) in [4.78, 5) is 15.8. The molecular formula is C27H37N3O3S. The molecule has 2 heterocycles. The minimum absolute atomic E-state index is 0.0785. The molecule has 0 spiro atoms. The van der Waals surface area contributed by atoms with Gasteiger partial charge < -0.3 is 10.2 Å². The third-order valence-corrected chi connectivity index (χ3v) is 9.07. The van der Waals surface area contributed by atoms with Gasteiger partial charge in [0.2, 0.25) is 15.9 Å². The number of nitrogens with zero attached hydrogens (tertiary/aromatic N) is 2. The van der Waals surface area contributed by atoms with Gasteiger partial charge in [0.15, 0.2) is 0 Å². The summed E-state index contributed by atoms with van der Waals surface area (Å²) in [5, 5.41) is 3.12. The van der Waals surface area contributed by atoms with Crippen molar-refractivity contribution in [3.05, 3.63) is 59.7 Å². The summed E-state index contributed by atoms with van der Waals surface area (Å²) in [7, 11) is -3.60. The lowest BCUT2D eigenvalue weighted by Gasteiger charge is -2.33. The lowest BCUT2D eigenvalue weighted by atomic mass is 9.97. The number of rotatable bonds is 6.